The monoisotopic (exact) mass is 456 g/mol. The summed E-state index contributed by atoms with van der Waals surface area (Å²) in [5.41, 5.74) is 3.33. The van der Waals surface area contributed by atoms with Crippen LogP contribution in [0.4, 0.5) is 0 Å². The molecular weight excluding hydrogens is 428 g/mol. The molecule has 3 aromatic rings. The van der Waals surface area contributed by atoms with Gasteiger partial charge in [0, 0.05) is 31.7 Å². The maximum absolute atomic E-state index is 13.6. The fourth-order valence-corrected chi connectivity index (χ4v) is 4.04. The number of rotatable bonds is 10. The van der Waals surface area contributed by atoms with Crippen molar-refractivity contribution in [3.63, 3.8) is 0 Å². The average Bonchev–Trinajstić information content (AvgIpc) is 3.11. The molecule has 1 aromatic carbocycles. The van der Waals surface area contributed by atoms with Crippen LogP contribution in [0.3, 0.4) is 0 Å². The lowest BCUT2D eigenvalue weighted by atomic mass is 10.0. The molecule has 7 nitrogen and oxygen atoms in total. The van der Waals surface area contributed by atoms with Crippen molar-refractivity contribution in [2.75, 3.05) is 19.7 Å². The fraction of sp³-hybridized carbons (Fsp3) is 0.259. The molecule has 7 heteroatoms. The Labute approximate surface area is 199 Å². The van der Waals surface area contributed by atoms with Gasteiger partial charge in [0.15, 0.2) is 0 Å². The largest absolute Gasteiger partial charge is 0.494 e. The highest BCUT2D eigenvalue weighted by molar-refractivity contribution is 6.35. The van der Waals surface area contributed by atoms with Crippen LogP contribution >= 0.6 is 0 Å². The van der Waals surface area contributed by atoms with Crippen LogP contribution in [0.2, 0.25) is 0 Å². The van der Waals surface area contributed by atoms with Crippen molar-refractivity contribution < 1.29 is 14.3 Å². The normalized spacial score (nSPS) is 13.5. The second kappa shape index (κ2) is 10.7. The van der Waals surface area contributed by atoms with Gasteiger partial charge in [0.1, 0.15) is 11.4 Å². The molecule has 1 aliphatic heterocycles. The molecule has 0 saturated heterocycles. The van der Waals surface area contributed by atoms with Crippen molar-refractivity contribution in [3.8, 4) is 5.75 Å². The van der Waals surface area contributed by atoms with Crippen LogP contribution in [0, 0.1) is 0 Å². The average molecular weight is 457 g/mol. The predicted molar refractivity (Wildman–Crippen MR) is 130 cm³/mol. The van der Waals surface area contributed by atoms with E-state index in [1.165, 1.54) is 4.90 Å². The number of carbonyl (C=O) groups excluding carboxylic acids is 2. The molecule has 34 heavy (non-hydrogen) atoms. The topological polar surface area (TPSA) is 75.6 Å². The minimum atomic E-state index is -0.308. The Bertz CT molecular complexity index is 1160. The number of hydrogen-bond acceptors (Lipinski definition) is 6. The summed E-state index contributed by atoms with van der Waals surface area (Å²) in [5.74, 6) is 0.119. The third-order valence-electron chi connectivity index (χ3n) is 5.76. The van der Waals surface area contributed by atoms with E-state index in [1.54, 1.807) is 18.6 Å². The molecule has 174 valence electrons. The van der Waals surface area contributed by atoms with Crippen molar-refractivity contribution in [3.05, 3.63) is 95.7 Å². The summed E-state index contributed by atoms with van der Waals surface area (Å²) >= 11 is 0. The van der Waals surface area contributed by atoms with Gasteiger partial charge in [0.25, 0.3) is 11.8 Å². The summed E-state index contributed by atoms with van der Waals surface area (Å²) in [4.78, 5) is 38.9. The third-order valence-corrected chi connectivity index (χ3v) is 5.76. The standard InChI is InChI=1S/C27H28N4O3/c1-3-30(18-14-20-12-16-28-17-13-20)25-24(21-8-10-23(11-9-21)34-4-2)26(32)31(27(25)33)19-22-7-5-6-15-29-22/h5-13,15-17H,3-4,14,18-19H2,1-2H3. The van der Waals surface area contributed by atoms with Gasteiger partial charge in [-0.3, -0.25) is 24.5 Å². The molecule has 0 N–H and O–H groups in total. The van der Waals surface area contributed by atoms with Gasteiger partial charge >= 0.3 is 0 Å². The summed E-state index contributed by atoms with van der Waals surface area (Å²) in [6.45, 7) is 5.80. The number of benzene rings is 1. The highest BCUT2D eigenvalue weighted by Gasteiger charge is 2.41. The third kappa shape index (κ3) is 4.98. The first-order valence-corrected chi connectivity index (χ1v) is 11.5. The van der Waals surface area contributed by atoms with Crippen LogP contribution in [-0.4, -0.2) is 51.3 Å². The van der Waals surface area contributed by atoms with E-state index in [0.717, 1.165) is 17.7 Å². The van der Waals surface area contributed by atoms with Gasteiger partial charge < -0.3 is 9.64 Å². The summed E-state index contributed by atoms with van der Waals surface area (Å²) in [7, 11) is 0. The number of imide groups is 1. The maximum atomic E-state index is 13.6. The second-order valence-electron chi connectivity index (χ2n) is 7.88. The number of ether oxygens (including phenoxy) is 1. The Morgan fingerprint density at radius 1 is 0.912 bits per heavy atom. The lowest BCUT2D eigenvalue weighted by Crippen LogP contribution is -2.35. The van der Waals surface area contributed by atoms with E-state index >= 15 is 0 Å². The molecule has 0 aliphatic carbocycles. The summed E-state index contributed by atoms with van der Waals surface area (Å²) < 4.78 is 5.55. The SMILES string of the molecule is CCOc1ccc(C2=C(N(CC)CCc3ccncc3)C(=O)N(Cc3ccccn3)C2=O)cc1. The summed E-state index contributed by atoms with van der Waals surface area (Å²) in [6.07, 6.45) is 5.91. The number of pyridine rings is 2. The highest BCUT2D eigenvalue weighted by atomic mass is 16.5. The van der Waals surface area contributed by atoms with Crippen LogP contribution in [0.5, 0.6) is 5.75 Å². The van der Waals surface area contributed by atoms with Crippen LogP contribution in [-0.2, 0) is 22.6 Å². The highest BCUT2D eigenvalue weighted by Crippen LogP contribution is 2.33. The first kappa shape index (κ1) is 23.2. The van der Waals surface area contributed by atoms with E-state index in [1.807, 2.05) is 73.3 Å². The van der Waals surface area contributed by atoms with Gasteiger partial charge in [-0.25, -0.2) is 0 Å². The van der Waals surface area contributed by atoms with Crippen molar-refractivity contribution in [2.24, 2.45) is 0 Å². The molecule has 0 unspecified atom stereocenters. The molecule has 0 spiro atoms. The molecule has 0 saturated carbocycles. The Morgan fingerprint density at radius 2 is 1.68 bits per heavy atom. The number of hydrogen-bond donors (Lipinski definition) is 0. The summed E-state index contributed by atoms with van der Waals surface area (Å²) in [5, 5.41) is 0. The molecule has 0 fully saturated rings. The zero-order valence-corrected chi connectivity index (χ0v) is 19.5. The molecule has 4 rings (SSSR count). The zero-order valence-electron chi connectivity index (χ0n) is 19.5. The number of aromatic nitrogens is 2. The van der Waals surface area contributed by atoms with Crippen LogP contribution in [0.15, 0.2) is 78.9 Å². The Morgan fingerprint density at radius 3 is 2.32 bits per heavy atom. The van der Waals surface area contributed by atoms with Crippen LogP contribution < -0.4 is 4.74 Å². The minimum absolute atomic E-state index is 0.129. The van der Waals surface area contributed by atoms with Gasteiger partial charge in [0.2, 0.25) is 0 Å². The quantitative estimate of drug-likeness (QED) is 0.433. The lowest BCUT2D eigenvalue weighted by molar-refractivity contribution is -0.138. The van der Waals surface area contributed by atoms with Gasteiger partial charge in [0.05, 0.1) is 24.4 Å². The summed E-state index contributed by atoms with van der Waals surface area (Å²) in [6, 6.07) is 16.7. The smallest absolute Gasteiger partial charge is 0.278 e. The van der Waals surface area contributed by atoms with Crippen molar-refractivity contribution >= 4 is 17.4 Å². The van der Waals surface area contributed by atoms with E-state index in [9.17, 15) is 9.59 Å². The van der Waals surface area contributed by atoms with E-state index in [0.29, 0.717) is 42.2 Å². The second-order valence-corrected chi connectivity index (χ2v) is 7.88. The van der Waals surface area contributed by atoms with Crippen molar-refractivity contribution in [1.29, 1.82) is 0 Å². The molecule has 0 bridgehead atoms. The van der Waals surface area contributed by atoms with Gasteiger partial charge in [-0.1, -0.05) is 18.2 Å². The molecule has 3 heterocycles. The fourth-order valence-electron chi connectivity index (χ4n) is 4.04. The first-order chi connectivity index (χ1) is 16.6. The Hall–Kier alpha value is -4.00. The van der Waals surface area contributed by atoms with E-state index < -0.39 is 0 Å². The number of amides is 2. The molecule has 1 aliphatic rings. The minimum Gasteiger partial charge on any atom is -0.494 e. The predicted octanol–water partition coefficient (Wildman–Crippen LogP) is 3.72. The van der Waals surface area contributed by atoms with Gasteiger partial charge in [-0.05, 0) is 67.8 Å². The molecular formula is C27H28N4O3. The molecule has 2 amide bonds. The van der Waals surface area contributed by atoms with Crippen LogP contribution in [0.25, 0.3) is 5.57 Å². The van der Waals surface area contributed by atoms with Crippen molar-refractivity contribution in [1.82, 2.24) is 19.8 Å². The Balaban J connectivity index is 1.69. The number of nitrogens with zero attached hydrogens (tertiary/aromatic N) is 4. The van der Waals surface area contributed by atoms with E-state index in [-0.39, 0.29) is 18.4 Å². The lowest BCUT2D eigenvalue weighted by Gasteiger charge is -2.25. The van der Waals surface area contributed by atoms with E-state index in [4.69, 9.17) is 4.74 Å². The van der Waals surface area contributed by atoms with Crippen molar-refractivity contribution in [2.45, 2.75) is 26.8 Å². The number of carbonyl (C=O) groups is 2. The van der Waals surface area contributed by atoms with Gasteiger partial charge in [-0.15, -0.1) is 0 Å². The first-order valence-electron chi connectivity index (χ1n) is 11.5. The molecule has 0 radical (unpaired) electrons. The zero-order chi connectivity index (χ0) is 23.9. The maximum Gasteiger partial charge on any atom is 0.278 e. The molecule has 0 atom stereocenters. The van der Waals surface area contributed by atoms with E-state index in [2.05, 4.69) is 9.97 Å². The number of likely N-dealkylation sites (N-methyl/N-ethyl adjacent to an activating group) is 1. The Kier molecular flexibility index (Phi) is 7.32. The molecule has 2 aromatic heterocycles. The van der Waals surface area contributed by atoms with Crippen LogP contribution in [0.1, 0.15) is 30.7 Å². The van der Waals surface area contributed by atoms with Gasteiger partial charge in [-0.2, -0.15) is 0 Å².